The van der Waals surface area contributed by atoms with Gasteiger partial charge in [-0.1, -0.05) is 6.07 Å². The second-order valence-corrected chi connectivity index (χ2v) is 3.73. The lowest BCUT2D eigenvalue weighted by Crippen LogP contribution is -1.76. The van der Waals surface area contributed by atoms with Crippen LogP contribution in [0.4, 0.5) is 0 Å². The number of hydrogen-bond acceptors (Lipinski definition) is 3. The van der Waals surface area contributed by atoms with Gasteiger partial charge < -0.3 is 0 Å². The molecule has 0 atom stereocenters. The lowest BCUT2D eigenvalue weighted by molar-refractivity contribution is 1.34. The quantitative estimate of drug-likeness (QED) is 0.615. The standard InChI is InChI=1S/C9H6N2S/c1-6-11-9-7(5-10)3-2-4-8(9)12-6/h2-4H,1H3. The number of aryl methyl sites for hydroxylation is 1. The maximum absolute atomic E-state index is 8.76. The third-order valence-corrected chi connectivity index (χ3v) is 2.58. The molecule has 0 spiro atoms. The molecule has 1 heterocycles. The smallest absolute Gasteiger partial charge is 0.101 e. The van der Waals surface area contributed by atoms with E-state index in [4.69, 9.17) is 5.26 Å². The monoisotopic (exact) mass is 174 g/mol. The number of aromatic nitrogens is 1. The maximum atomic E-state index is 8.76. The fourth-order valence-corrected chi connectivity index (χ4v) is 2.00. The summed E-state index contributed by atoms with van der Waals surface area (Å²) in [5.41, 5.74) is 1.50. The van der Waals surface area contributed by atoms with E-state index in [1.807, 2.05) is 19.1 Å². The zero-order valence-corrected chi connectivity index (χ0v) is 7.35. The molecule has 0 amide bonds. The van der Waals surface area contributed by atoms with Crippen LogP contribution in [0.5, 0.6) is 0 Å². The molecule has 3 heteroatoms. The third kappa shape index (κ3) is 0.973. The summed E-state index contributed by atoms with van der Waals surface area (Å²) < 4.78 is 1.09. The summed E-state index contributed by atoms with van der Waals surface area (Å²) in [6, 6.07) is 7.79. The van der Waals surface area contributed by atoms with Gasteiger partial charge in [-0.2, -0.15) is 5.26 Å². The summed E-state index contributed by atoms with van der Waals surface area (Å²) in [4.78, 5) is 4.28. The molecule has 0 fully saturated rings. The fourth-order valence-electron chi connectivity index (χ4n) is 1.15. The molecule has 2 rings (SSSR count). The van der Waals surface area contributed by atoms with Crippen molar-refractivity contribution in [1.29, 1.82) is 5.26 Å². The van der Waals surface area contributed by atoms with Crippen molar-refractivity contribution in [3.8, 4) is 6.07 Å². The van der Waals surface area contributed by atoms with Crippen LogP contribution in [0.15, 0.2) is 18.2 Å². The summed E-state index contributed by atoms with van der Waals surface area (Å²) in [6.45, 7) is 1.95. The third-order valence-electron chi connectivity index (χ3n) is 1.65. The molecule has 0 bridgehead atoms. The maximum Gasteiger partial charge on any atom is 0.101 e. The number of para-hydroxylation sites is 1. The first kappa shape index (κ1) is 7.26. The second-order valence-electron chi connectivity index (χ2n) is 2.50. The predicted octanol–water partition coefficient (Wildman–Crippen LogP) is 2.48. The second kappa shape index (κ2) is 2.58. The van der Waals surface area contributed by atoms with Crippen molar-refractivity contribution in [2.24, 2.45) is 0 Å². The van der Waals surface area contributed by atoms with Crippen molar-refractivity contribution in [2.75, 3.05) is 0 Å². The molecule has 1 aromatic carbocycles. The highest BCUT2D eigenvalue weighted by molar-refractivity contribution is 7.18. The summed E-state index contributed by atoms with van der Waals surface area (Å²) in [6.07, 6.45) is 0. The number of rotatable bonds is 0. The van der Waals surface area contributed by atoms with Gasteiger partial charge in [-0.05, 0) is 19.1 Å². The van der Waals surface area contributed by atoms with Crippen molar-refractivity contribution >= 4 is 21.6 Å². The lowest BCUT2D eigenvalue weighted by Gasteiger charge is -1.87. The molecule has 2 nitrogen and oxygen atoms in total. The van der Waals surface area contributed by atoms with Gasteiger partial charge in [0, 0.05) is 0 Å². The molecule has 0 radical (unpaired) electrons. The number of benzene rings is 1. The van der Waals surface area contributed by atoms with E-state index in [9.17, 15) is 0 Å². The Bertz CT molecular complexity index is 465. The first-order valence-electron chi connectivity index (χ1n) is 3.57. The predicted molar refractivity (Wildman–Crippen MR) is 49.1 cm³/mol. The zero-order valence-electron chi connectivity index (χ0n) is 6.53. The van der Waals surface area contributed by atoms with Crippen molar-refractivity contribution in [1.82, 2.24) is 4.98 Å². The number of fused-ring (bicyclic) bond motifs is 1. The van der Waals surface area contributed by atoms with E-state index in [-0.39, 0.29) is 0 Å². The van der Waals surface area contributed by atoms with Crippen LogP contribution in [0, 0.1) is 18.3 Å². The van der Waals surface area contributed by atoms with E-state index in [1.165, 1.54) is 0 Å². The van der Waals surface area contributed by atoms with Gasteiger partial charge in [-0.15, -0.1) is 11.3 Å². The molecule has 0 N–H and O–H groups in total. The van der Waals surface area contributed by atoms with Gasteiger partial charge in [0.1, 0.15) is 6.07 Å². The van der Waals surface area contributed by atoms with Crippen LogP contribution in [0.2, 0.25) is 0 Å². The minimum absolute atomic E-state index is 0.664. The van der Waals surface area contributed by atoms with Gasteiger partial charge >= 0.3 is 0 Å². The highest BCUT2D eigenvalue weighted by atomic mass is 32.1. The minimum Gasteiger partial charge on any atom is -0.240 e. The Morgan fingerprint density at radius 3 is 3.08 bits per heavy atom. The molecule has 1 aromatic heterocycles. The van der Waals surface area contributed by atoms with Crippen molar-refractivity contribution < 1.29 is 0 Å². The van der Waals surface area contributed by atoms with Crippen molar-refractivity contribution in [3.63, 3.8) is 0 Å². The zero-order chi connectivity index (χ0) is 8.55. The molecule has 12 heavy (non-hydrogen) atoms. The average Bonchev–Trinajstić information content (AvgIpc) is 2.44. The Hall–Kier alpha value is -1.40. The van der Waals surface area contributed by atoms with E-state index in [2.05, 4.69) is 11.1 Å². The first-order chi connectivity index (χ1) is 5.81. The minimum atomic E-state index is 0.664. The molecular formula is C9H6N2S. The van der Waals surface area contributed by atoms with Gasteiger partial charge in [0.2, 0.25) is 0 Å². The molecule has 0 saturated carbocycles. The van der Waals surface area contributed by atoms with Crippen LogP contribution in [-0.4, -0.2) is 4.98 Å². The highest BCUT2D eigenvalue weighted by Gasteiger charge is 2.03. The molecule has 0 aliphatic rings. The largest absolute Gasteiger partial charge is 0.240 e. The van der Waals surface area contributed by atoms with Crippen LogP contribution in [0.1, 0.15) is 10.6 Å². The van der Waals surface area contributed by atoms with Crippen molar-refractivity contribution in [3.05, 3.63) is 28.8 Å². The lowest BCUT2D eigenvalue weighted by atomic mass is 10.2. The topological polar surface area (TPSA) is 36.7 Å². The van der Waals surface area contributed by atoms with Crippen LogP contribution >= 0.6 is 11.3 Å². The van der Waals surface area contributed by atoms with Gasteiger partial charge in [0.25, 0.3) is 0 Å². The van der Waals surface area contributed by atoms with E-state index in [1.54, 1.807) is 17.4 Å². The molecule has 2 aromatic rings. The van der Waals surface area contributed by atoms with Gasteiger partial charge in [-0.25, -0.2) is 4.98 Å². The molecule has 0 aliphatic carbocycles. The van der Waals surface area contributed by atoms with Gasteiger partial charge in [0.05, 0.1) is 20.8 Å². The van der Waals surface area contributed by atoms with Gasteiger partial charge in [-0.3, -0.25) is 0 Å². The average molecular weight is 174 g/mol. The highest BCUT2D eigenvalue weighted by Crippen LogP contribution is 2.23. The van der Waals surface area contributed by atoms with E-state index in [0.29, 0.717) is 5.56 Å². The summed E-state index contributed by atoms with van der Waals surface area (Å²) in [7, 11) is 0. The first-order valence-corrected chi connectivity index (χ1v) is 4.39. The van der Waals surface area contributed by atoms with E-state index in [0.717, 1.165) is 15.2 Å². The Labute approximate surface area is 74.1 Å². The van der Waals surface area contributed by atoms with Crippen LogP contribution in [0.25, 0.3) is 10.2 Å². The number of thiazole rings is 1. The molecule has 0 saturated heterocycles. The molecular weight excluding hydrogens is 168 g/mol. The normalized spacial score (nSPS) is 10.0. The van der Waals surface area contributed by atoms with Crippen LogP contribution in [0.3, 0.4) is 0 Å². The summed E-state index contributed by atoms with van der Waals surface area (Å²) in [5.74, 6) is 0. The van der Waals surface area contributed by atoms with Crippen molar-refractivity contribution in [2.45, 2.75) is 6.92 Å². The number of nitriles is 1. The number of hydrogen-bond donors (Lipinski definition) is 0. The Kier molecular flexibility index (Phi) is 1.56. The fraction of sp³-hybridized carbons (Fsp3) is 0.111. The SMILES string of the molecule is Cc1nc2c(C#N)cccc2s1. The number of nitrogens with zero attached hydrogens (tertiary/aromatic N) is 2. The van der Waals surface area contributed by atoms with Gasteiger partial charge in [0.15, 0.2) is 0 Å². The summed E-state index contributed by atoms with van der Waals surface area (Å²) in [5, 5.41) is 9.77. The molecule has 58 valence electrons. The Morgan fingerprint density at radius 2 is 2.33 bits per heavy atom. The molecule has 0 unspecified atom stereocenters. The van der Waals surface area contributed by atoms with E-state index >= 15 is 0 Å². The van der Waals surface area contributed by atoms with Crippen LogP contribution in [-0.2, 0) is 0 Å². The Balaban J connectivity index is 2.89. The molecule has 0 aliphatic heterocycles. The Morgan fingerprint density at radius 1 is 1.50 bits per heavy atom. The van der Waals surface area contributed by atoms with E-state index < -0.39 is 0 Å². The summed E-state index contributed by atoms with van der Waals surface area (Å²) >= 11 is 1.62. The van der Waals surface area contributed by atoms with Crippen LogP contribution < -0.4 is 0 Å².